The van der Waals surface area contributed by atoms with Crippen molar-refractivity contribution in [3.05, 3.63) is 65.0 Å². The predicted molar refractivity (Wildman–Crippen MR) is 143 cm³/mol. The number of amides is 3. The highest BCUT2D eigenvalue weighted by Gasteiger charge is 2.32. The van der Waals surface area contributed by atoms with Gasteiger partial charge in [0.1, 0.15) is 17.5 Å². The minimum atomic E-state index is -0.843. The van der Waals surface area contributed by atoms with Gasteiger partial charge in [-0.25, -0.2) is 9.18 Å². The molecule has 0 spiro atoms. The third kappa shape index (κ3) is 8.20. The molecule has 0 radical (unpaired) electrons. The predicted octanol–water partition coefficient (Wildman–Crippen LogP) is 4.75. The molecule has 9 heteroatoms. The molecule has 0 aromatic heterocycles. The summed E-state index contributed by atoms with van der Waals surface area (Å²) in [6.07, 6.45) is -0.406. The molecule has 2 aromatic carbocycles. The maximum absolute atomic E-state index is 14.4. The summed E-state index contributed by atoms with van der Waals surface area (Å²) in [5.41, 5.74) is 1.48. The van der Waals surface area contributed by atoms with Gasteiger partial charge >= 0.3 is 6.09 Å². The van der Waals surface area contributed by atoms with Gasteiger partial charge in [-0.15, -0.1) is 0 Å². The van der Waals surface area contributed by atoms with Crippen LogP contribution in [-0.4, -0.2) is 66.5 Å². The lowest BCUT2D eigenvalue weighted by molar-refractivity contribution is -0.134. The molecule has 1 fully saturated rings. The van der Waals surface area contributed by atoms with Crippen molar-refractivity contribution in [1.82, 2.24) is 15.1 Å². The van der Waals surface area contributed by atoms with Gasteiger partial charge in [-0.1, -0.05) is 26.0 Å². The second kappa shape index (κ2) is 13.1. The van der Waals surface area contributed by atoms with Crippen molar-refractivity contribution in [2.75, 3.05) is 38.5 Å². The number of carbonyl (C=O) groups excluding carboxylic acids is 3. The summed E-state index contributed by atoms with van der Waals surface area (Å²) in [7, 11) is 1.55. The van der Waals surface area contributed by atoms with E-state index in [-0.39, 0.29) is 11.8 Å². The lowest BCUT2D eigenvalue weighted by atomic mass is 10.0. The maximum atomic E-state index is 14.4. The number of nitrogens with one attached hydrogen (secondary N) is 2. The van der Waals surface area contributed by atoms with Crippen molar-refractivity contribution in [2.45, 2.75) is 53.2 Å². The zero-order valence-corrected chi connectivity index (χ0v) is 22.9. The number of aryl methyl sites for hydroxylation is 1. The fraction of sp³-hybridized carbons (Fsp3) is 0.464. The minimum absolute atomic E-state index is 0.215. The lowest BCUT2D eigenvalue weighted by Gasteiger charge is -2.37. The first-order valence-electron chi connectivity index (χ1n) is 12.6. The van der Waals surface area contributed by atoms with E-state index in [1.165, 1.54) is 6.07 Å². The Morgan fingerprint density at radius 2 is 1.51 bits per heavy atom. The molecule has 1 aliphatic rings. The molecular formula is C28H39FN4O4. The van der Waals surface area contributed by atoms with E-state index in [4.69, 9.17) is 4.74 Å². The molecule has 3 rings (SSSR count). The summed E-state index contributed by atoms with van der Waals surface area (Å²) < 4.78 is 19.8. The smallest absolute Gasteiger partial charge is 0.410 e. The Morgan fingerprint density at radius 1 is 0.946 bits per heavy atom. The first-order valence-corrected chi connectivity index (χ1v) is 12.6. The van der Waals surface area contributed by atoms with Crippen LogP contribution in [-0.2, 0) is 9.53 Å². The zero-order chi connectivity index (χ0) is 27.8. The first-order chi connectivity index (χ1) is 17.5. The molecule has 0 saturated carbocycles. The number of halogens is 1. The highest BCUT2D eigenvalue weighted by atomic mass is 19.1. The number of piperazine rings is 1. The largest absolute Gasteiger partial charge is 0.444 e. The van der Waals surface area contributed by atoms with E-state index in [1.54, 1.807) is 60.2 Å². The second-order valence-electron chi connectivity index (χ2n) is 9.54. The molecule has 2 N–H and O–H groups in total. The third-order valence-electron chi connectivity index (χ3n) is 5.70. The number of hydrogen-bond donors (Lipinski definition) is 2. The van der Waals surface area contributed by atoms with E-state index in [0.29, 0.717) is 48.6 Å². The van der Waals surface area contributed by atoms with Gasteiger partial charge in [-0.2, -0.15) is 0 Å². The summed E-state index contributed by atoms with van der Waals surface area (Å²) in [6.45, 7) is 12.4. The Balaban J connectivity index is 0.00000235. The molecule has 1 aliphatic heterocycles. The van der Waals surface area contributed by atoms with E-state index < -0.39 is 23.6 Å². The highest BCUT2D eigenvalue weighted by Crippen LogP contribution is 2.25. The Morgan fingerprint density at radius 3 is 2.03 bits per heavy atom. The van der Waals surface area contributed by atoms with Crippen molar-refractivity contribution in [3.8, 4) is 0 Å². The van der Waals surface area contributed by atoms with Crippen LogP contribution in [0.3, 0.4) is 0 Å². The summed E-state index contributed by atoms with van der Waals surface area (Å²) in [6, 6.07) is 10.6. The topological polar surface area (TPSA) is 91.0 Å². The van der Waals surface area contributed by atoms with Gasteiger partial charge < -0.3 is 25.2 Å². The van der Waals surface area contributed by atoms with E-state index in [2.05, 4.69) is 10.6 Å². The summed E-state index contributed by atoms with van der Waals surface area (Å²) in [4.78, 5) is 41.0. The molecule has 2 aromatic rings. The maximum Gasteiger partial charge on any atom is 0.410 e. The van der Waals surface area contributed by atoms with Gasteiger partial charge in [-0.3, -0.25) is 9.59 Å². The summed E-state index contributed by atoms with van der Waals surface area (Å²) >= 11 is 0. The number of ether oxygens (including phenoxy) is 1. The molecule has 0 bridgehead atoms. The number of rotatable bonds is 5. The van der Waals surface area contributed by atoms with Crippen molar-refractivity contribution in [1.29, 1.82) is 0 Å². The van der Waals surface area contributed by atoms with Crippen molar-refractivity contribution >= 4 is 23.6 Å². The van der Waals surface area contributed by atoms with Crippen LogP contribution in [0.1, 0.15) is 62.1 Å². The molecule has 1 unspecified atom stereocenters. The number of nitrogens with zero attached hydrogens (tertiary/aromatic N) is 2. The van der Waals surface area contributed by atoms with Crippen LogP contribution in [0.25, 0.3) is 0 Å². The van der Waals surface area contributed by atoms with Crippen LogP contribution >= 0.6 is 0 Å². The van der Waals surface area contributed by atoms with Crippen LogP contribution < -0.4 is 10.6 Å². The fourth-order valence-electron chi connectivity index (χ4n) is 3.72. The SMILES string of the molecule is CC.CNC(=O)c1ccc(NC(C(=O)N2CCN(C(=O)OC(C)(C)C)CC2)c2ccc(C)c(F)c2)cc1. The average molecular weight is 515 g/mol. The number of hydrogen-bond acceptors (Lipinski definition) is 5. The molecule has 202 valence electrons. The quantitative estimate of drug-likeness (QED) is 0.601. The lowest BCUT2D eigenvalue weighted by Crippen LogP contribution is -2.53. The van der Waals surface area contributed by atoms with Crippen LogP contribution in [0, 0.1) is 12.7 Å². The normalized spacial score (nSPS) is 14.2. The van der Waals surface area contributed by atoms with Crippen LogP contribution in [0.15, 0.2) is 42.5 Å². The molecule has 1 heterocycles. The van der Waals surface area contributed by atoms with Gasteiger partial charge in [0.05, 0.1) is 0 Å². The first kappa shape index (κ1) is 29.6. The number of carbonyl (C=O) groups is 3. The van der Waals surface area contributed by atoms with Gasteiger partial charge in [-0.05, 0) is 69.2 Å². The summed E-state index contributed by atoms with van der Waals surface area (Å²) in [5, 5.41) is 5.76. The molecule has 3 amide bonds. The monoisotopic (exact) mass is 514 g/mol. The number of benzene rings is 2. The van der Waals surface area contributed by atoms with E-state index in [0.717, 1.165) is 0 Å². The van der Waals surface area contributed by atoms with Crippen molar-refractivity contribution in [2.24, 2.45) is 0 Å². The Kier molecular flexibility index (Phi) is 10.5. The van der Waals surface area contributed by atoms with Gasteiger partial charge in [0.15, 0.2) is 0 Å². The van der Waals surface area contributed by atoms with Gasteiger partial charge in [0.2, 0.25) is 5.91 Å². The van der Waals surface area contributed by atoms with Crippen molar-refractivity contribution in [3.63, 3.8) is 0 Å². The van der Waals surface area contributed by atoms with Crippen LogP contribution in [0.2, 0.25) is 0 Å². The molecule has 8 nitrogen and oxygen atoms in total. The fourth-order valence-corrected chi connectivity index (χ4v) is 3.72. The molecule has 0 aliphatic carbocycles. The summed E-state index contributed by atoms with van der Waals surface area (Å²) in [5.74, 6) is -0.841. The van der Waals surface area contributed by atoms with Crippen LogP contribution in [0.5, 0.6) is 0 Å². The molecule has 1 atom stereocenters. The van der Waals surface area contributed by atoms with Crippen LogP contribution in [0.4, 0.5) is 14.9 Å². The number of anilines is 1. The van der Waals surface area contributed by atoms with E-state index in [1.807, 2.05) is 34.6 Å². The standard InChI is InChI=1S/C26H33FN4O4.C2H6/c1-17-6-7-19(16-21(17)27)22(29-20-10-8-18(9-11-20)23(32)28-5)24(33)30-12-14-31(15-13-30)25(34)35-26(2,3)4;1-2/h6-11,16,22,29H,12-15H2,1-5H3,(H,28,32);1-2H3. The van der Waals surface area contributed by atoms with E-state index >= 15 is 0 Å². The van der Waals surface area contributed by atoms with Gasteiger partial charge in [0.25, 0.3) is 5.91 Å². The Hall–Kier alpha value is -3.62. The zero-order valence-electron chi connectivity index (χ0n) is 22.9. The van der Waals surface area contributed by atoms with Gasteiger partial charge in [0, 0.05) is 44.5 Å². The van der Waals surface area contributed by atoms with E-state index in [9.17, 15) is 18.8 Å². The highest BCUT2D eigenvalue weighted by molar-refractivity contribution is 5.94. The molecule has 1 saturated heterocycles. The minimum Gasteiger partial charge on any atom is -0.444 e. The Labute approximate surface area is 219 Å². The van der Waals surface area contributed by atoms with Crippen molar-refractivity contribution < 1.29 is 23.5 Å². The third-order valence-corrected chi connectivity index (χ3v) is 5.70. The Bertz CT molecular complexity index is 1070. The second-order valence-corrected chi connectivity index (χ2v) is 9.54. The molecular weight excluding hydrogens is 475 g/mol. The molecule has 37 heavy (non-hydrogen) atoms. The average Bonchev–Trinajstić information content (AvgIpc) is 2.88.